The molecular weight excluding hydrogens is 775 g/mol. The minimum atomic E-state index is -0.665. The molecule has 0 saturated heterocycles. The second-order valence-corrected chi connectivity index (χ2v) is 17.5. The van der Waals surface area contributed by atoms with Crippen LogP contribution >= 0.6 is 0 Å². The minimum Gasteiger partial charge on any atom is -0.457 e. The van der Waals surface area contributed by atoms with Gasteiger partial charge in [0.05, 0.1) is 10.8 Å². The lowest BCUT2D eigenvalue weighted by molar-refractivity contribution is 0.437. The fraction of sp³-hybridized carbons (Fsp3) is 0.0323. The smallest absolute Gasteiger partial charge is 0.132 e. The fourth-order valence-corrected chi connectivity index (χ4v) is 12.2. The molecule has 0 amide bonds. The van der Waals surface area contributed by atoms with Crippen LogP contribution in [-0.2, 0) is 10.8 Å². The number of hydrogen-bond acceptors (Lipinski definition) is 2. The van der Waals surface area contributed by atoms with Crippen molar-refractivity contribution in [3.8, 4) is 56.0 Å². The van der Waals surface area contributed by atoms with Crippen LogP contribution in [0.3, 0.4) is 0 Å². The third kappa shape index (κ3) is 4.49. The zero-order valence-corrected chi connectivity index (χ0v) is 34.9. The van der Waals surface area contributed by atoms with Gasteiger partial charge in [-0.1, -0.05) is 188 Å². The molecule has 10 aromatic carbocycles. The average Bonchev–Trinajstić information content (AvgIpc) is 3.94. The molecule has 64 heavy (non-hydrogen) atoms. The molecule has 0 aromatic heterocycles. The molecule has 0 fully saturated rings. The Bertz CT molecular complexity index is 3490. The standard InChI is InChI=1S/C62H39NO/c1-3-18-40(19-4-1)44-26-17-33-59-60(44)62(55-31-15-16-32-58(55)64-59)54-30-14-10-25-48(54)50-37-35-43(39-57(50)62)63(41-20-5-2-6-21-41)42-34-36-49-47-24-9-13-29-53(47)61(56(49)38-42)51-27-11-7-22-45(51)46-23-8-12-28-52(46)61/h1-39H. The van der Waals surface area contributed by atoms with Gasteiger partial charge < -0.3 is 9.64 Å². The van der Waals surface area contributed by atoms with Gasteiger partial charge in [0.25, 0.3) is 0 Å². The predicted molar refractivity (Wildman–Crippen MR) is 260 cm³/mol. The van der Waals surface area contributed by atoms with Crippen LogP contribution < -0.4 is 9.64 Å². The summed E-state index contributed by atoms with van der Waals surface area (Å²) in [5, 5.41) is 0. The van der Waals surface area contributed by atoms with Gasteiger partial charge in [0.1, 0.15) is 11.5 Å². The maximum atomic E-state index is 6.93. The molecule has 1 unspecified atom stereocenters. The number of para-hydroxylation sites is 2. The molecule has 0 N–H and O–H groups in total. The lowest BCUT2D eigenvalue weighted by atomic mass is 9.64. The van der Waals surface area contributed by atoms with E-state index in [0.29, 0.717) is 0 Å². The van der Waals surface area contributed by atoms with Crippen LogP contribution in [0.1, 0.15) is 44.5 Å². The molecule has 0 radical (unpaired) electrons. The van der Waals surface area contributed by atoms with Crippen molar-refractivity contribution in [1.29, 1.82) is 0 Å². The molecule has 1 atom stereocenters. The summed E-state index contributed by atoms with van der Waals surface area (Å²) < 4.78 is 6.93. The summed E-state index contributed by atoms with van der Waals surface area (Å²) >= 11 is 0. The maximum absolute atomic E-state index is 6.93. The number of hydrogen-bond donors (Lipinski definition) is 0. The summed E-state index contributed by atoms with van der Waals surface area (Å²) in [4.78, 5) is 2.47. The van der Waals surface area contributed by atoms with Crippen molar-refractivity contribution in [2.75, 3.05) is 4.90 Å². The summed E-state index contributed by atoms with van der Waals surface area (Å²) in [5.74, 6) is 1.77. The fourth-order valence-electron chi connectivity index (χ4n) is 12.2. The van der Waals surface area contributed by atoms with E-state index < -0.39 is 10.8 Å². The SMILES string of the molecule is c1ccc(-c2cccc3c2C2(c4ccccc4O3)c3ccccc3-c3ccc(N(c4ccccc4)c4ccc5c(c4)C4(c6ccccc6-c6ccccc64)c4ccccc4-5)cc32)cc1. The van der Waals surface area contributed by atoms with E-state index in [1.165, 1.54) is 77.9 Å². The predicted octanol–water partition coefficient (Wildman–Crippen LogP) is 15.6. The van der Waals surface area contributed by atoms with Crippen molar-refractivity contribution in [1.82, 2.24) is 0 Å². The van der Waals surface area contributed by atoms with Gasteiger partial charge in [0, 0.05) is 28.2 Å². The van der Waals surface area contributed by atoms with Gasteiger partial charge in [-0.25, -0.2) is 0 Å². The highest BCUT2D eigenvalue weighted by molar-refractivity contribution is 5.97. The highest BCUT2D eigenvalue weighted by Crippen LogP contribution is 2.66. The zero-order valence-electron chi connectivity index (χ0n) is 34.9. The van der Waals surface area contributed by atoms with Crippen molar-refractivity contribution < 1.29 is 4.74 Å². The summed E-state index contributed by atoms with van der Waals surface area (Å²) in [6, 6.07) is 87.5. The van der Waals surface area contributed by atoms with Gasteiger partial charge in [-0.05, 0) is 126 Å². The molecule has 298 valence electrons. The first kappa shape index (κ1) is 35.4. The van der Waals surface area contributed by atoms with Crippen molar-refractivity contribution >= 4 is 17.1 Å². The van der Waals surface area contributed by atoms with Gasteiger partial charge in [-0.15, -0.1) is 0 Å². The lowest BCUT2D eigenvalue weighted by Gasteiger charge is -2.41. The first-order chi connectivity index (χ1) is 31.8. The van der Waals surface area contributed by atoms with E-state index in [2.05, 4.69) is 241 Å². The summed E-state index contributed by atoms with van der Waals surface area (Å²) in [6.45, 7) is 0. The maximum Gasteiger partial charge on any atom is 0.132 e. The second kappa shape index (κ2) is 13.2. The van der Waals surface area contributed by atoms with Crippen LogP contribution in [0.4, 0.5) is 17.1 Å². The van der Waals surface area contributed by atoms with E-state index in [1.54, 1.807) is 0 Å². The Hall–Kier alpha value is -8.20. The average molecular weight is 814 g/mol. The van der Waals surface area contributed by atoms with E-state index in [4.69, 9.17) is 4.74 Å². The second-order valence-electron chi connectivity index (χ2n) is 17.5. The van der Waals surface area contributed by atoms with Crippen molar-refractivity contribution in [2.45, 2.75) is 10.8 Å². The Kier molecular flexibility index (Phi) is 7.28. The minimum absolute atomic E-state index is 0.454. The van der Waals surface area contributed by atoms with Crippen LogP contribution in [0.15, 0.2) is 237 Å². The number of nitrogens with zero attached hydrogens (tertiary/aromatic N) is 1. The number of fused-ring (bicyclic) bond motifs is 19. The van der Waals surface area contributed by atoms with Crippen LogP contribution in [-0.4, -0.2) is 0 Å². The number of ether oxygens (including phenoxy) is 1. The number of anilines is 3. The first-order valence-electron chi connectivity index (χ1n) is 22.3. The molecule has 2 spiro atoms. The normalized spacial score (nSPS) is 15.8. The molecule has 0 bridgehead atoms. The summed E-state index contributed by atoms with van der Waals surface area (Å²) in [5.41, 5.74) is 22.4. The van der Waals surface area contributed by atoms with E-state index >= 15 is 0 Å². The van der Waals surface area contributed by atoms with E-state index in [9.17, 15) is 0 Å². The third-order valence-corrected chi connectivity index (χ3v) is 14.5. The molecule has 3 aliphatic carbocycles. The van der Waals surface area contributed by atoms with Crippen molar-refractivity contribution in [3.05, 3.63) is 281 Å². The monoisotopic (exact) mass is 813 g/mol. The molecular formula is C62H39NO. The van der Waals surface area contributed by atoms with Gasteiger partial charge in [-0.3, -0.25) is 0 Å². The largest absolute Gasteiger partial charge is 0.457 e. The molecule has 1 heterocycles. The molecule has 4 aliphatic rings. The molecule has 2 nitrogen and oxygen atoms in total. The van der Waals surface area contributed by atoms with Crippen LogP contribution in [0, 0.1) is 0 Å². The Labute approximate surface area is 373 Å². The van der Waals surface area contributed by atoms with Crippen molar-refractivity contribution in [2.24, 2.45) is 0 Å². The Morgan fingerprint density at radius 3 is 1.23 bits per heavy atom. The third-order valence-electron chi connectivity index (χ3n) is 14.5. The topological polar surface area (TPSA) is 12.5 Å². The van der Waals surface area contributed by atoms with Crippen molar-refractivity contribution in [3.63, 3.8) is 0 Å². The van der Waals surface area contributed by atoms with Crippen LogP contribution in [0.25, 0.3) is 44.5 Å². The van der Waals surface area contributed by atoms with E-state index in [-0.39, 0.29) is 0 Å². The Morgan fingerprint density at radius 2 is 0.672 bits per heavy atom. The van der Waals surface area contributed by atoms with E-state index in [1.807, 2.05) is 0 Å². The molecule has 1 aliphatic heterocycles. The number of benzene rings is 10. The zero-order chi connectivity index (χ0) is 42.0. The molecule has 2 heteroatoms. The van der Waals surface area contributed by atoms with Crippen LogP contribution in [0.2, 0.25) is 0 Å². The van der Waals surface area contributed by atoms with Gasteiger partial charge in [-0.2, -0.15) is 0 Å². The summed E-state index contributed by atoms with van der Waals surface area (Å²) in [7, 11) is 0. The Morgan fingerprint density at radius 1 is 0.266 bits per heavy atom. The number of rotatable bonds is 4. The molecule has 10 aromatic rings. The van der Waals surface area contributed by atoms with Crippen LogP contribution in [0.5, 0.6) is 11.5 Å². The van der Waals surface area contributed by atoms with Gasteiger partial charge >= 0.3 is 0 Å². The Balaban J connectivity index is 1.05. The van der Waals surface area contributed by atoms with Gasteiger partial charge in [0.15, 0.2) is 0 Å². The van der Waals surface area contributed by atoms with Gasteiger partial charge in [0.2, 0.25) is 0 Å². The van der Waals surface area contributed by atoms with E-state index in [0.717, 1.165) is 39.7 Å². The molecule has 14 rings (SSSR count). The highest BCUT2D eigenvalue weighted by Gasteiger charge is 2.54. The first-order valence-corrected chi connectivity index (χ1v) is 22.3. The lowest BCUT2D eigenvalue weighted by Crippen LogP contribution is -2.33. The molecule has 0 saturated carbocycles. The quantitative estimate of drug-likeness (QED) is 0.175. The summed E-state index contributed by atoms with van der Waals surface area (Å²) in [6.07, 6.45) is 0. The highest BCUT2D eigenvalue weighted by atomic mass is 16.5.